The zero-order valence-electron chi connectivity index (χ0n) is 13.7. The van der Waals surface area contributed by atoms with Crippen LogP contribution in [0, 0.1) is 0 Å². The smallest absolute Gasteiger partial charge is 0.343 e. The molecule has 0 fully saturated rings. The highest BCUT2D eigenvalue weighted by Gasteiger charge is 2.11. The second-order valence-electron chi connectivity index (χ2n) is 5.36. The summed E-state index contributed by atoms with van der Waals surface area (Å²) in [6.07, 6.45) is 0. The third kappa shape index (κ3) is 4.28. The maximum atomic E-state index is 12.3. The molecular weight excluding hydrogens is 380 g/mol. The third-order valence-corrected chi connectivity index (χ3v) is 4.26. The van der Waals surface area contributed by atoms with Gasteiger partial charge in [0, 0.05) is 0 Å². The number of halogens is 1. The van der Waals surface area contributed by atoms with Crippen LogP contribution in [-0.2, 0) is 0 Å². The molecule has 0 atom stereocenters. The minimum absolute atomic E-state index is 0.406. The Morgan fingerprint density at radius 2 is 1.60 bits per heavy atom. The fraction of sp³-hybridized carbons (Fsp3) is 0.0952. The van der Waals surface area contributed by atoms with Crippen LogP contribution in [0.25, 0.3) is 11.1 Å². The molecule has 3 aromatic rings. The van der Waals surface area contributed by atoms with Crippen molar-refractivity contribution in [3.05, 3.63) is 82.8 Å². The second-order valence-corrected chi connectivity index (χ2v) is 6.21. The predicted molar refractivity (Wildman–Crippen MR) is 102 cm³/mol. The Morgan fingerprint density at radius 1 is 0.920 bits per heavy atom. The summed E-state index contributed by atoms with van der Waals surface area (Å²) in [7, 11) is 0. The molecule has 0 aromatic heterocycles. The molecule has 0 radical (unpaired) electrons. The van der Waals surface area contributed by atoms with Crippen LogP contribution in [0.4, 0.5) is 0 Å². The van der Waals surface area contributed by atoms with E-state index in [-0.39, 0.29) is 0 Å². The Labute approximate surface area is 155 Å². The van der Waals surface area contributed by atoms with Crippen LogP contribution in [0.2, 0.25) is 0 Å². The van der Waals surface area contributed by atoms with Gasteiger partial charge in [-0.1, -0.05) is 42.5 Å². The van der Waals surface area contributed by atoms with Crippen molar-refractivity contribution in [2.24, 2.45) is 0 Å². The van der Waals surface area contributed by atoms with Crippen LogP contribution in [0.15, 0.2) is 77.3 Å². The fourth-order valence-corrected chi connectivity index (χ4v) is 2.91. The van der Waals surface area contributed by atoms with E-state index in [9.17, 15) is 4.79 Å². The third-order valence-electron chi connectivity index (χ3n) is 3.64. The Balaban J connectivity index is 1.72. The number of esters is 1. The number of carbonyl (C=O) groups excluding carboxylic acids is 1. The zero-order valence-corrected chi connectivity index (χ0v) is 15.3. The molecule has 0 aliphatic heterocycles. The molecule has 0 saturated heterocycles. The summed E-state index contributed by atoms with van der Waals surface area (Å²) in [6, 6.07) is 22.7. The largest absolute Gasteiger partial charge is 0.493 e. The summed E-state index contributed by atoms with van der Waals surface area (Å²) in [4.78, 5) is 12.3. The number of hydrogen-bond donors (Lipinski definition) is 0. The van der Waals surface area contributed by atoms with E-state index in [1.807, 2.05) is 49.4 Å². The summed E-state index contributed by atoms with van der Waals surface area (Å²) in [5.74, 6) is 0.803. The first-order valence-corrected chi connectivity index (χ1v) is 8.76. The van der Waals surface area contributed by atoms with E-state index in [0.717, 1.165) is 15.6 Å². The van der Waals surface area contributed by atoms with Crippen LogP contribution in [0.5, 0.6) is 11.5 Å². The Hall–Kier alpha value is -2.59. The van der Waals surface area contributed by atoms with Crippen LogP contribution >= 0.6 is 15.9 Å². The van der Waals surface area contributed by atoms with Crippen LogP contribution < -0.4 is 9.47 Å². The molecule has 0 N–H and O–H groups in total. The maximum absolute atomic E-state index is 12.3. The Morgan fingerprint density at radius 3 is 2.24 bits per heavy atom. The van der Waals surface area contributed by atoms with Crippen molar-refractivity contribution >= 4 is 21.9 Å². The highest BCUT2D eigenvalue weighted by atomic mass is 79.9. The van der Waals surface area contributed by atoms with E-state index in [4.69, 9.17) is 9.47 Å². The minimum atomic E-state index is -0.406. The molecule has 126 valence electrons. The summed E-state index contributed by atoms with van der Waals surface area (Å²) in [5.41, 5.74) is 2.66. The van der Waals surface area contributed by atoms with E-state index >= 15 is 0 Å². The highest BCUT2D eigenvalue weighted by Crippen LogP contribution is 2.27. The number of benzene rings is 3. The number of carbonyl (C=O) groups is 1. The number of hydrogen-bond acceptors (Lipinski definition) is 3. The highest BCUT2D eigenvalue weighted by molar-refractivity contribution is 9.10. The molecule has 0 heterocycles. The molecule has 25 heavy (non-hydrogen) atoms. The van der Waals surface area contributed by atoms with Gasteiger partial charge in [-0.25, -0.2) is 4.79 Å². The lowest BCUT2D eigenvalue weighted by atomic mass is 10.1. The van der Waals surface area contributed by atoms with Crippen molar-refractivity contribution in [3.8, 4) is 22.6 Å². The SMILES string of the molecule is CCOc1ccc(C(=O)Oc2ccc(-c3ccccc3)cc2)cc1Br. The van der Waals surface area contributed by atoms with E-state index in [1.54, 1.807) is 30.3 Å². The molecule has 3 rings (SSSR count). The molecule has 0 bridgehead atoms. The summed E-state index contributed by atoms with van der Waals surface area (Å²) >= 11 is 3.40. The van der Waals surface area contributed by atoms with Crippen molar-refractivity contribution in [2.45, 2.75) is 6.92 Å². The van der Waals surface area contributed by atoms with Gasteiger partial charge in [0.25, 0.3) is 0 Å². The van der Waals surface area contributed by atoms with Gasteiger partial charge < -0.3 is 9.47 Å². The van der Waals surface area contributed by atoms with Gasteiger partial charge in [-0.05, 0) is 64.3 Å². The summed E-state index contributed by atoms with van der Waals surface area (Å²) in [6.45, 7) is 2.48. The average molecular weight is 397 g/mol. The van der Waals surface area contributed by atoms with E-state index in [1.165, 1.54) is 0 Å². The number of ether oxygens (including phenoxy) is 2. The van der Waals surface area contributed by atoms with Crippen molar-refractivity contribution in [3.63, 3.8) is 0 Å². The first-order chi connectivity index (χ1) is 12.2. The number of rotatable bonds is 5. The van der Waals surface area contributed by atoms with Crippen LogP contribution in [0.1, 0.15) is 17.3 Å². The van der Waals surface area contributed by atoms with Crippen LogP contribution in [-0.4, -0.2) is 12.6 Å². The van der Waals surface area contributed by atoms with Gasteiger partial charge in [0.2, 0.25) is 0 Å². The molecule has 0 unspecified atom stereocenters. The van der Waals surface area contributed by atoms with Gasteiger partial charge in [0.1, 0.15) is 11.5 Å². The molecule has 0 saturated carbocycles. The summed E-state index contributed by atoms with van der Waals surface area (Å²) in [5, 5.41) is 0. The average Bonchev–Trinajstić information content (AvgIpc) is 2.65. The molecule has 0 aliphatic carbocycles. The van der Waals surface area contributed by atoms with Gasteiger partial charge >= 0.3 is 5.97 Å². The van der Waals surface area contributed by atoms with Gasteiger partial charge in [-0.15, -0.1) is 0 Å². The lowest BCUT2D eigenvalue weighted by Gasteiger charge is -2.09. The quantitative estimate of drug-likeness (QED) is 0.407. The predicted octanol–water partition coefficient (Wildman–Crippen LogP) is 5.73. The Bertz CT molecular complexity index is 858. The molecule has 4 heteroatoms. The van der Waals surface area contributed by atoms with Gasteiger partial charge in [0.15, 0.2) is 0 Å². The van der Waals surface area contributed by atoms with Gasteiger partial charge in [-0.2, -0.15) is 0 Å². The van der Waals surface area contributed by atoms with Crippen molar-refractivity contribution in [1.29, 1.82) is 0 Å². The van der Waals surface area contributed by atoms with E-state index in [0.29, 0.717) is 23.7 Å². The normalized spacial score (nSPS) is 10.3. The fourth-order valence-electron chi connectivity index (χ4n) is 2.41. The molecule has 0 spiro atoms. The first-order valence-electron chi connectivity index (χ1n) is 7.97. The van der Waals surface area contributed by atoms with Crippen molar-refractivity contribution < 1.29 is 14.3 Å². The second kappa shape index (κ2) is 7.99. The topological polar surface area (TPSA) is 35.5 Å². The molecular formula is C21H17BrO3. The molecule has 3 aromatic carbocycles. The standard InChI is InChI=1S/C21H17BrO3/c1-2-24-20-13-10-17(14-19(20)22)21(23)25-18-11-8-16(9-12-18)15-6-4-3-5-7-15/h3-14H,2H2,1H3. The molecule has 0 amide bonds. The zero-order chi connectivity index (χ0) is 17.6. The minimum Gasteiger partial charge on any atom is -0.493 e. The lowest BCUT2D eigenvalue weighted by molar-refractivity contribution is 0.0734. The van der Waals surface area contributed by atoms with Crippen LogP contribution in [0.3, 0.4) is 0 Å². The van der Waals surface area contributed by atoms with Crippen molar-refractivity contribution in [2.75, 3.05) is 6.61 Å². The Kier molecular flexibility index (Phi) is 5.51. The van der Waals surface area contributed by atoms with Gasteiger partial charge in [0.05, 0.1) is 16.6 Å². The van der Waals surface area contributed by atoms with E-state index in [2.05, 4.69) is 15.9 Å². The van der Waals surface area contributed by atoms with Crippen molar-refractivity contribution in [1.82, 2.24) is 0 Å². The molecule has 3 nitrogen and oxygen atoms in total. The maximum Gasteiger partial charge on any atom is 0.343 e. The summed E-state index contributed by atoms with van der Waals surface area (Å²) < 4.78 is 11.6. The van der Waals surface area contributed by atoms with E-state index < -0.39 is 5.97 Å². The van der Waals surface area contributed by atoms with Gasteiger partial charge in [-0.3, -0.25) is 0 Å². The lowest BCUT2D eigenvalue weighted by Crippen LogP contribution is -2.08. The monoisotopic (exact) mass is 396 g/mol. The first kappa shape index (κ1) is 17.2. The molecule has 0 aliphatic rings.